The number of rotatable bonds is 7. The largest absolute Gasteiger partial charge is 0.392 e. The van der Waals surface area contributed by atoms with Crippen molar-refractivity contribution in [2.24, 2.45) is 5.92 Å². The Morgan fingerprint density at radius 2 is 1.82 bits per heavy atom. The van der Waals surface area contributed by atoms with Crippen LogP contribution in [-0.4, -0.2) is 40.7 Å². The molecule has 2 fully saturated rings. The Morgan fingerprint density at radius 1 is 1.00 bits per heavy atom. The summed E-state index contributed by atoms with van der Waals surface area (Å²) in [6.07, 6.45) is 10.2. The number of piperidine rings is 1. The van der Waals surface area contributed by atoms with Crippen molar-refractivity contribution in [3.63, 3.8) is 0 Å². The number of aryl methyl sites for hydroxylation is 1. The van der Waals surface area contributed by atoms with Crippen LogP contribution >= 0.6 is 0 Å². The number of nitrogens with zero attached hydrogens (tertiary/aromatic N) is 2. The zero-order valence-corrected chi connectivity index (χ0v) is 19.9. The van der Waals surface area contributed by atoms with Gasteiger partial charge in [0, 0.05) is 30.4 Å². The van der Waals surface area contributed by atoms with Gasteiger partial charge in [-0.1, -0.05) is 48.5 Å². The van der Waals surface area contributed by atoms with E-state index < -0.39 is 0 Å². The van der Waals surface area contributed by atoms with Gasteiger partial charge in [0.25, 0.3) is 0 Å². The zero-order chi connectivity index (χ0) is 23.0. The molecule has 0 bridgehead atoms. The fourth-order valence-electron chi connectivity index (χ4n) is 6.28. The van der Waals surface area contributed by atoms with Gasteiger partial charge in [0.05, 0.1) is 6.61 Å². The van der Waals surface area contributed by atoms with Crippen LogP contribution in [-0.2, 0) is 25.0 Å². The molecule has 2 atom stereocenters. The molecule has 4 heteroatoms. The van der Waals surface area contributed by atoms with Gasteiger partial charge in [-0.05, 0) is 97.1 Å². The van der Waals surface area contributed by atoms with Crippen molar-refractivity contribution >= 4 is 0 Å². The highest BCUT2D eigenvalue weighted by Gasteiger charge is 2.57. The maximum Gasteiger partial charge on any atom is 0.0681 e. The number of fused-ring (bicyclic) bond motifs is 2. The summed E-state index contributed by atoms with van der Waals surface area (Å²) in [5.74, 6) is 0.785. The van der Waals surface area contributed by atoms with E-state index in [2.05, 4.69) is 51.6 Å². The molecule has 0 amide bonds. The lowest BCUT2D eigenvalue weighted by atomic mass is 9.93. The molecule has 3 aromatic rings. The number of nitrogens with one attached hydrogen (secondary N) is 1. The lowest BCUT2D eigenvalue weighted by Gasteiger charge is -2.32. The Hall–Kier alpha value is -2.53. The van der Waals surface area contributed by atoms with Crippen LogP contribution in [0.1, 0.15) is 47.9 Å². The van der Waals surface area contributed by atoms with Gasteiger partial charge in [0.15, 0.2) is 0 Å². The summed E-state index contributed by atoms with van der Waals surface area (Å²) in [7, 11) is 0. The number of aromatic nitrogens is 1. The van der Waals surface area contributed by atoms with Gasteiger partial charge in [0.1, 0.15) is 0 Å². The van der Waals surface area contributed by atoms with E-state index in [1.54, 1.807) is 11.1 Å². The quantitative estimate of drug-likeness (QED) is 0.545. The molecule has 34 heavy (non-hydrogen) atoms. The van der Waals surface area contributed by atoms with Crippen molar-refractivity contribution in [2.75, 3.05) is 19.6 Å². The normalized spacial score (nSPS) is 24.4. The van der Waals surface area contributed by atoms with E-state index in [0.29, 0.717) is 11.5 Å². The second-order valence-corrected chi connectivity index (χ2v) is 10.6. The van der Waals surface area contributed by atoms with Crippen molar-refractivity contribution in [1.82, 2.24) is 15.2 Å². The van der Waals surface area contributed by atoms with Gasteiger partial charge in [0.2, 0.25) is 0 Å². The topological polar surface area (TPSA) is 48.4 Å². The minimum Gasteiger partial charge on any atom is -0.392 e. The maximum atomic E-state index is 9.23. The Labute approximate surface area is 203 Å². The smallest absolute Gasteiger partial charge is 0.0681 e. The Bertz CT molecular complexity index is 1120. The first-order valence-electron chi connectivity index (χ1n) is 12.9. The second kappa shape index (κ2) is 9.26. The first-order valence-corrected chi connectivity index (χ1v) is 12.9. The monoisotopic (exact) mass is 453 g/mol. The zero-order valence-electron chi connectivity index (χ0n) is 19.9. The third kappa shape index (κ3) is 4.31. The fraction of sp³-hybridized carbons (Fsp3) is 0.433. The molecule has 2 aromatic carbocycles. The van der Waals surface area contributed by atoms with Gasteiger partial charge in [-0.15, -0.1) is 0 Å². The molecule has 1 aliphatic heterocycles. The first kappa shape index (κ1) is 22.0. The summed E-state index contributed by atoms with van der Waals surface area (Å²) in [4.78, 5) is 6.89. The van der Waals surface area contributed by atoms with Crippen LogP contribution in [0.25, 0.3) is 11.1 Å². The van der Waals surface area contributed by atoms with Crippen molar-refractivity contribution in [3.05, 3.63) is 89.2 Å². The molecule has 1 spiro atoms. The average molecular weight is 454 g/mol. The fourth-order valence-corrected chi connectivity index (χ4v) is 6.28. The van der Waals surface area contributed by atoms with Crippen molar-refractivity contribution < 1.29 is 5.11 Å². The summed E-state index contributed by atoms with van der Waals surface area (Å²) in [6.45, 7) is 4.66. The number of aliphatic hydroxyl groups excluding tert-OH is 1. The molecule has 1 aromatic heterocycles. The SMILES string of the molecule is OCc1ccc(CN2CCC(CNC3CC34CCc3ccc(-c5cccnc5)cc34)CC2)cc1. The highest BCUT2D eigenvalue weighted by molar-refractivity contribution is 5.66. The second-order valence-electron chi connectivity index (χ2n) is 10.6. The predicted octanol–water partition coefficient (Wildman–Crippen LogP) is 4.70. The summed E-state index contributed by atoms with van der Waals surface area (Å²) >= 11 is 0. The maximum absolute atomic E-state index is 9.23. The lowest BCUT2D eigenvalue weighted by Crippen LogP contribution is -2.38. The van der Waals surface area contributed by atoms with Crippen LogP contribution in [0.2, 0.25) is 0 Å². The van der Waals surface area contributed by atoms with E-state index in [0.717, 1.165) is 24.6 Å². The molecular weight excluding hydrogens is 418 g/mol. The van der Waals surface area contributed by atoms with E-state index in [9.17, 15) is 5.11 Å². The van der Waals surface area contributed by atoms with E-state index in [1.165, 1.54) is 61.9 Å². The molecule has 2 N–H and O–H groups in total. The Kier molecular flexibility index (Phi) is 5.98. The third-order valence-corrected chi connectivity index (χ3v) is 8.53. The molecular formula is C30H35N3O. The summed E-state index contributed by atoms with van der Waals surface area (Å²) in [5.41, 5.74) is 8.37. The van der Waals surface area contributed by atoms with E-state index in [-0.39, 0.29) is 6.61 Å². The van der Waals surface area contributed by atoms with Gasteiger partial charge < -0.3 is 10.4 Å². The molecule has 3 aliphatic rings. The van der Waals surface area contributed by atoms with E-state index in [1.807, 2.05) is 30.6 Å². The molecule has 2 heterocycles. The van der Waals surface area contributed by atoms with Gasteiger partial charge in [-0.3, -0.25) is 9.88 Å². The molecule has 4 nitrogen and oxygen atoms in total. The highest BCUT2D eigenvalue weighted by atomic mass is 16.3. The molecule has 176 valence electrons. The summed E-state index contributed by atoms with van der Waals surface area (Å²) in [6, 6.07) is 20.3. The third-order valence-electron chi connectivity index (χ3n) is 8.53. The average Bonchev–Trinajstić information content (AvgIpc) is 3.49. The number of benzene rings is 2. The van der Waals surface area contributed by atoms with Gasteiger partial charge in [-0.25, -0.2) is 0 Å². The van der Waals surface area contributed by atoms with Gasteiger partial charge in [-0.2, -0.15) is 0 Å². The number of pyridine rings is 1. The van der Waals surface area contributed by atoms with E-state index in [4.69, 9.17) is 0 Å². The van der Waals surface area contributed by atoms with Gasteiger partial charge >= 0.3 is 0 Å². The molecule has 2 aliphatic carbocycles. The number of aliphatic hydroxyl groups is 1. The van der Waals surface area contributed by atoms with Crippen LogP contribution in [0.5, 0.6) is 0 Å². The van der Waals surface area contributed by atoms with Crippen LogP contribution in [0.15, 0.2) is 67.0 Å². The van der Waals surface area contributed by atoms with E-state index >= 15 is 0 Å². The van der Waals surface area contributed by atoms with Crippen LogP contribution in [0, 0.1) is 5.92 Å². The minimum absolute atomic E-state index is 0.123. The molecule has 6 rings (SSSR count). The van der Waals surface area contributed by atoms with Crippen LogP contribution in [0.4, 0.5) is 0 Å². The molecule has 1 saturated carbocycles. The summed E-state index contributed by atoms with van der Waals surface area (Å²) in [5, 5.41) is 13.2. The van der Waals surface area contributed by atoms with Crippen LogP contribution < -0.4 is 5.32 Å². The Balaban J connectivity index is 1.02. The highest BCUT2D eigenvalue weighted by Crippen LogP contribution is 2.57. The lowest BCUT2D eigenvalue weighted by molar-refractivity contribution is 0.175. The van der Waals surface area contributed by atoms with Crippen molar-refractivity contribution in [1.29, 1.82) is 0 Å². The standard InChI is InChI=1S/C30H35N3O/c34-21-24-5-3-23(4-6-24)20-33-14-10-22(11-15-33)18-32-29-17-30(29)12-9-25-7-8-26(16-28(25)30)27-2-1-13-31-19-27/h1-8,13,16,19,22,29,32,34H,9-12,14-15,17-18,20-21H2. The Morgan fingerprint density at radius 3 is 2.59 bits per heavy atom. The van der Waals surface area contributed by atoms with Crippen LogP contribution in [0.3, 0.4) is 0 Å². The van der Waals surface area contributed by atoms with Crippen molar-refractivity contribution in [3.8, 4) is 11.1 Å². The molecule has 0 radical (unpaired) electrons. The molecule has 2 unspecified atom stereocenters. The first-order chi connectivity index (χ1) is 16.7. The molecule has 1 saturated heterocycles. The number of hydrogen-bond donors (Lipinski definition) is 2. The number of likely N-dealkylation sites (tertiary alicyclic amines) is 1. The van der Waals surface area contributed by atoms with Crippen molar-refractivity contribution in [2.45, 2.75) is 56.7 Å². The number of hydrogen-bond acceptors (Lipinski definition) is 4. The summed E-state index contributed by atoms with van der Waals surface area (Å²) < 4.78 is 0. The minimum atomic E-state index is 0.123. The predicted molar refractivity (Wildman–Crippen MR) is 136 cm³/mol.